The molecular formula is C37H48N6O4. The molecule has 1 amide bonds. The first-order chi connectivity index (χ1) is 22.6. The van der Waals surface area contributed by atoms with Crippen LogP contribution in [0.4, 0.5) is 17.1 Å². The van der Waals surface area contributed by atoms with Gasteiger partial charge in [-0.1, -0.05) is 24.8 Å². The van der Waals surface area contributed by atoms with E-state index in [4.69, 9.17) is 14.2 Å². The highest BCUT2D eigenvalue weighted by molar-refractivity contribution is 6.04. The molecule has 2 aliphatic rings. The van der Waals surface area contributed by atoms with Crippen molar-refractivity contribution < 1.29 is 19.0 Å². The lowest BCUT2D eigenvalue weighted by molar-refractivity contribution is 0.0565. The van der Waals surface area contributed by atoms with Crippen LogP contribution in [0.15, 0.2) is 85.7 Å². The van der Waals surface area contributed by atoms with Crippen molar-refractivity contribution in [3.05, 3.63) is 96.9 Å². The fourth-order valence-corrected chi connectivity index (χ4v) is 5.63. The molecule has 1 saturated heterocycles. The lowest BCUT2D eigenvalue weighted by atomic mass is 10.2. The summed E-state index contributed by atoms with van der Waals surface area (Å²) in [5.74, 6) is 2.35. The molecule has 0 bridgehead atoms. The van der Waals surface area contributed by atoms with Crippen LogP contribution in [0, 0.1) is 0 Å². The molecule has 3 heterocycles. The van der Waals surface area contributed by atoms with Crippen molar-refractivity contribution in [1.29, 1.82) is 0 Å². The van der Waals surface area contributed by atoms with Gasteiger partial charge in [-0.15, -0.1) is 0 Å². The largest absolute Gasteiger partial charge is 0.486 e. The minimum absolute atomic E-state index is 0.309. The normalized spacial score (nSPS) is 14.3. The molecule has 10 heteroatoms. The van der Waals surface area contributed by atoms with E-state index in [1.54, 1.807) is 12.3 Å². The van der Waals surface area contributed by atoms with E-state index in [1.807, 2.05) is 69.3 Å². The van der Waals surface area contributed by atoms with Crippen molar-refractivity contribution in [3.8, 4) is 11.5 Å². The van der Waals surface area contributed by atoms with Gasteiger partial charge in [0, 0.05) is 31.0 Å². The highest BCUT2D eigenvalue weighted by Gasteiger charge is 2.17. The van der Waals surface area contributed by atoms with E-state index in [0.29, 0.717) is 42.7 Å². The minimum Gasteiger partial charge on any atom is -0.486 e. The van der Waals surface area contributed by atoms with E-state index in [2.05, 4.69) is 43.9 Å². The fraction of sp³-hybridized carbons (Fsp3) is 0.405. The number of ether oxygens (including phenoxy) is 3. The Morgan fingerprint density at radius 3 is 2.36 bits per heavy atom. The number of anilines is 3. The third kappa shape index (κ3) is 10.1. The second-order valence-electron chi connectivity index (χ2n) is 12.9. The van der Waals surface area contributed by atoms with Gasteiger partial charge >= 0.3 is 0 Å². The summed E-state index contributed by atoms with van der Waals surface area (Å²) >= 11 is 0. The Balaban J connectivity index is 1.22. The lowest BCUT2D eigenvalue weighted by Crippen LogP contribution is -2.28. The number of hydrogen-bond donors (Lipinski definition) is 3. The fourth-order valence-electron chi connectivity index (χ4n) is 5.63. The van der Waals surface area contributed by atoms with Crippen molar-refractivity contribution in [2.75, 3.05) is 55.3 Å². The Morgan fingerprint density at radius 1 is 0.936 bits per heavy atom. The van der Waals surface area contributed by atoms with Crippen molar-refractivity contribution in [3.63, 3.8) is 0 Å². The van der Waals surface area contributed by atoms with Crippen LogP contribution in [-0.2, 0) is 11.3 Å². The molecule has 250 valence electrons. The number of nitrogens with zero attached hydrogens (tertiary/aromatic N) is 3. The molecule has 1 aromatic heterocycles. The summed E-state index contributed by atoms with van der Waals surface area (Å²) in [6.45, 7) is 20.2. The number of amides is 1. The zero-order chi connectivity index (χ0) is 33.2. The van der Waals surface area contributed by atoms with E-state index >= 15 is 0 Å². The number of aromatic nitrogens is 1. The third-order valence-electron chi connectivity index (χ3n) is 7.87. The van der Waals surface area contributed by atoms with Gasteiger partial charge in [-0.2, -0.15) is 0 Å². The zero-order valence-electron chi connectivity index (χ0n) is 27.9. The molecule has 2 aliphatic heterocycles. The Hall–Kier alpha value is -4.70. The van der Waals surface area contributed by atoms with Gasteiger partial charge in [-0.3, -0.25) is 9.78 Å². The quantitative estimate of drug-likeness (QED) is 0.119. The second-order valence-corrected chi connectivity index (χ2v) is 12.9. The number of pyridine rings is 1. The topological polar surface area (TPSA) is 100 Å². The number of hydrogen-bond acceptors (Lipinski definition) is 9. The Kier molecular flexibility index (Phi) is 11.3. The summed E-state index contributed by atoms with van der Waals surface area (Å²) in [6.07, 6.45) is 6.51. The smallest absolute Gasteiger partial charge is 0.274 e. The van der Waals surface area contributed by atoms with Gasteiger partial charge in [0.15, 0.2) is 17.4 Å². The maximum Gasteiger partial charge on any atom is 0.274 e. The van der Waals surface area contributed by atoms with E-state index in [-0.39, 0.29) is 5.91 Å². The molecule has 0 atom stereocenters. The lowest BCUT2D eigenvalue weighted by Gasteiger charge is -2.28. The second kappa shape index (κ2) is 15.7. The van der Waals surface area contributed by atoms with Gasteiger partial charge in [0.05, 0.1) is 17.2 Å². The highest BCUT2D eigenvalue weighted by Crippen LogP contribution is 2.33. The SMILES string of the molecule is C=C(Nc1ccccc1NC(=O)c1ccc(CN(CCCCN2CCCC2)C(=C)Nc2ccc3c(c2)OCCO3)cn1)OC(C)(C)C. The molecule has 47 heavy (non-hydrogen) atoms. The first kappa shape index (κ1) is 33.7. The Bertz CT molecular complexity index is 1530. The van der Waals surface area contributed by atoms with Gasteiger partial charge in [-0.25, -0.2) is 0 Å². The van der Waals surface area contributed by atoms with Crippen molar-refractivity contribution in [1.82, 2.24) is 14.8 Å². The molecule has 0 aliphatic carbocycles. The van der Waals surface area contributed by atoms with Gasteiger partial charge in [0.1, 0.15) is 24.5 Å². The summed E-state index contributed by atoms with van der Waals surface area (Å²) in [5, 5.41) is 9.57. The average molecular weight is 641 g/mol. The standard InChI is InChI=1S/C37H48N6O4/c1-27(39-30-15-17-34-35(24-30)46-23-22-45-34)43(21-11-10-20-42-18-8-9-19-42)26-29-14-16-33(38-25-29)36(44)41-32-13-7-6-12-31(32)40-28(2)47-37(3,4)5/h6-7,12-17,24-25,39-40H,1-2,8-11,18-23,26H2,3-5H3,(H,41,44). The number of likely N-dealkylation sites (tertiary alicyclic amines) is 1. The summed E-state index contributed by atoms with van der Waals surface area (Å²) in [6, 6.07) is 16.9. The summed E-state index contributed by atoms with van der Waals surface area (Å²) in [4.78, 5) is 22.5. The van der Waals surface area contributed by atoms with Crippen LogP contribution < -0.4 is 25.4 Å². The highest BCUT2D eigenvalue weighted by atomic mass is 16.6. The number of carbonyl (C=O) groups excluding carboxylic acids is 1. The number of para-hydroxylation sites is 2. The molecule has 2 aromatic carbocycles. The van der Waals surface area contributed by atoms with Crippen LogP contribution in [-0.4, -0.2) is 65.7 Å². The number of fused-ring (bicyclic) bond motifs is 1. The molecule has 0 saturated carbocycles. The molecule has 0 spiro atoms. The molecule has 0 unspecified atom stereocenters. The predicted octanol–water partition coefficient (Wildman–Crippen LogP) is 7.06. The first-order valence-corrected chi connectivity index (χ1v) is 16.5. The Labute approximate surface area is 278 Å². The van der Waals surface area contributed by atoms with Crippen LogP contribution in [0.5, 0.6) is 11.5 Å². The molecular weight excluding hydrogens is 592 g/mol. The molecule has 10 nitrogen and oxygen atoms in total. The zero-order valence-corrected chi connectivity index (χ0v) is 27.9. The third-order valence-corrected chi connectivity index (χ3v) is 7.87. The van der Waals surface area contributed by atoms with Gasteiger partial charge < -0.3 is 40.0 Å². The maximum absolute atomic E-state index is 13.2. The van der Waals surface area contributed by atoms with E-state index < -0.39 is 5.60 Å². The van der Waals surface area contributed by atoms with Crippen LogP contribution in [0.2, 0.25) is 0 Å². The summed E-state index contributed by atoms with van der Waals surface area (Å²) < 4.78 is 17.2. The van der Waals surface area contributed by atoms with Crippen LogP contribution in [0.25, 0.3) is 0 Å². The van der Waals surface area contributed by atoms with Crippen molar-refractivity contribution in [2.24, 2.45) is 0 Å². The number of nitrogens with one attached hydrogen (secondary N) is 3. The van der Waals surface area contributed by atoms with E-state index in [1.165, 1.54) is 25.9 Å². The number of benzene rings is 2. The van der Waals surface area contributed by atoms with E-state index in [0.717, 1.165) is 54.5 Å². The monoisotopic (exact) mass is 640 g/mol. The van der Waals surface area contributed by atoms with Gasteiger partial charge in [0.2, 0.25) is 0 Å². The molecule has 3 N–H and O–H groups in total. The number of carbonyl (C=O) groups is 1. The van der Waals surface area contributed by atoms with Crippen LogP contribution >= 0.6 is 0 Å². The summed E-state index contributed by atoms with van der Waals surface area (Å²) in [7, 11) is 0. The molecule has 5 rings (SSSR count). The predicted molar refractivity (Wildman–Crippen MR) is 188 cm³/mol. The summed E-state index contributed by atoms with van der Waals surface area (Å²) in [5.41, 5.74) is 3.06. The van der Waals surface area contributed by atoms with Crippen LogP contribution in [0.1, 0.15) is 62.5 Å². The molecule has 3 aromatic rings. The van der Waals surface area contributed by atoms with Gasteiger partial charge in [0.25, 0.3) is 5.91 Å². The first-order valence-electron chi connectivity index (χ1n) is 16.5. The number of unbranched alkanes of at least 4 members (excludes halogenated alkanes) is 1. The Morgan fingerprint density at radius 2 is 1.66 bits per heavy atom. The van der Waals surface area contributed by atoms with Gasteiger partial charge in [-0.05, 0) is 109 Å². The maximum atomic E-state index is 13.2. The van der Waals surface area contributed by atoms with Crippen molar-refractivity contribution in [2.45, 2.75) is 58.6 Å². The molecule has 0 radical (unpaired) electrons. The van der Waals surface area contributed by atoms with Crippen LogP contribution in [0.3, 0.4) is 0 Å². The van der Waals surface area contributed by atoms with E-state index in [9.17, 15) is 4.79 Å². The molecule has 1 fully saturated rings. The van der Waals surface area contributed by atoms with Crippen molar-refractivity contribution >= 4 is 23.0 Å². The average Bonchev–Trinajstić information content (AvgIpc) is 3.56. The minimum atomic E-state index is -0.398. The number of rotatable bonds is 15.